The van der Waals surface area contributed by atoms with Crippen molar-refractivity contribution in [2.75, 3.05) is 11.9 Å². The molecule has 0 spiro atoms. The number of nitrogens with zero attached hydrogens (tertiary/aromatic N) is 1. The number of hydrogen-bond donors (Lipinski definition) is 2. The molecule has 1 aromatic heterocycles. The van der Waals surface area contributed by atoms with E-state index < -0.39 is 0 Å². The minimum absolute atomic E-state index is 0.256. The van der Waals surface area contributed by atoms with Gasteiger partial charge in [0.25, 0.3) is 0 Å². The molecule has 0 fully saturated rings. The molecule has 1 atom stereocenters. The van der Waals surface area contributed by atoms with Crippen LogP contribution in [0, 0.1) is 0 Å². The van der Waals surface area contributed by atoms with Crippen LogP contribution in [0.25, 0.3) is 0 Å². The lowest BCUT2D eigenvalue weighted by Crippen LogP contribution is -2.20. The number of aromatic nitrogens is 1. The Bertz CT molecular complexity index is 304. The monoisotopic (exact) mass is 233 g/mol. The van der Waals surface area contributed by atoms with Gasteiger partial charge in [-0.3, -0.25) is 0 Å². The molecule has 0 aliphatic rings. The summed E-state index contributed by atoms with van der Waals surface area (Å²) in [6.07, 6.45) is 2.44. The van der Waals surface area contributed by atoms with Gasteiger partial charge in [0.2, 0.25) is 0 Å². The molecule has 1 heterocycles. The SMILES string of the molecule is CC(CCN)Nc1ncc(Cl)cc1Cl. The lowest BCUT2D eigenvalue weighted by molar-refractivity contribution is 0.713. The Morgan fingerprint density at radius 3 is 2.86 bits per heavy atom. The van der Waals surface area contributed by atoms with Crippen molar-refractivity contribution >= 4 is 29.0 Å². The lowest BCUT2D eigenvalue weighted by atomic mass is 10.2. The van der Waals surface area contributed by atoms with E-state index in [2.05, 4.69) is 10.3 Å². The van der Waals surface area contributed by atoms with Crippen LogP contribution in [0.2, 0.25) is 10.0 Å². The maximum Gasteiger partial charge on any atom is 0.145 e. The van der Waals surface area contributed by atoms with Crippen LogP contribution in [-0.2, 0) is 0 Å². The Balaban J connectivity index is 2.67. The van der Waals surface area contributed by atoms with E-state index in [1.165, 1.54) is 0 Å². The molecule has 0 aliphatic carbocycles. The summed E-state index contributed by atoms with van der Waals surface area (Å²) in [6, 6.07) is 1.92. The Labute approximate surface area is 93.6 Å². The topological polar surface area (TPSA) is 50.9 Å². The third kappa shape index (κ3) is 3.33. The van der Waals surface area contributed by atoms with Crippen LogP contribution in [-0.4, -0.2) is 17.6 Å². The van der Waals surface area contributed by atoms with E-state index in [0.717, 1.165) is 6.42 Å². The summed E-state index contributed by atoms with van der Waals surface area (Å²) < 4.78 is 0. The molecule has 0 aromatic carbocycles. The van der Waals surface area contributed by atoms with Crippen LogP contribution < -0.4 is 11.1 Å². The van der Waals surface area contributed by atoms with E-state index in [1.807, 2.05) is 6.92 Å². The summed E-state index contributed by atoms with van der Waals surface area (Å²) in [4.78, 5) is 4.08. The maximum atomic E-state index is 5.93. The number of pyridine rings is 1. The number of nitrogens with two attached hydrogens (primary N) is 1. The number of anilines is 1. The first kappa shape index (κ1) is 11.6. The molecule has 0 aliphatic heterocycles. The first-order valence-corrected chi connectivity index (χ1v) is 5.16. The van der Waals surface area contributed by atoms with Gasteiger partial charge in [0.15, 0.2) is 0 Å². The summed E-state index contributed by atoms with van der Waals surface area (Å²) >= 11 is 11.7. The summed E-state index contributed by atoms with van der Waals surface area (Å²) in [6.45, 7) is 2.67. The highest BCUT2D eigenvalue weighted by molar-refractivity contribution is 6.35. The van der Waals surface area contributed by atoms with E-state index >= 15 is 0 Å². The molecular formula is C9H13Cl2N3. The van der Waals surface area contributed by atoms with E-state index in [4.69, 9.17) is 28.9 Å². The Morgan fingerprint density at radius 1 is 1.57 bits per heavy atom. The van der Waals surface area contributed by atoms with Crippen molar-refractivity contribution < 1.29 is 0 Å². The molecular weight excluding hydrogens is 221 g/mol. The van der Waals surface area contributed by atoms with Crippen molar-refractivity contribution in [3.63, 3.8) is 0 Å². The zero-order chi connectivity index (χ0) is 10.6. The molecule has 14 heavy (non-hydrogen) atoms. The average Bonchev–Trinajstić information content (AvgIpc) is 2.10. The largest absolute Gasteiger partial charge is 0.366 e. The maximum absolute atomic E-state index is 5.93. The molecule has 0 saturated carbocycles. The second-order valence-corrected chi connectivity index (χ2v) is 3.95. The lowest BCUT2D eigenvalue weighted by Gasteiger charge is -2.14. The molecule has 3 N–H and O–H groups in total. The van der Waals surface area contributed by atoms with Gasteiger partial charge in [-0.15, -0.1) is 0 Å². The van der Waals surface area contributed by atoms with Crippen LogP contribution in [0.4, 0.5) is 5.82 Å². The van der Waals surface area contributed by atoms with Gasteiger partial charge < -0.3 is 11.1 Å². The Morgan fingerprint density at radius 2 is 2.29 bits per heavy atom. The smallest absolute Gasteiger partial charge is 0.145 e. The minimum atomic E-state index is 0.256. The molecule has 1 rings (SSSR count). The van der Waals surface area contributed by atoms with E-state index in [-0.39, 0.29) is 6.04 Å². The molecule has 78 valence electrons. The first-order chi connectivity index (χ1) is 6.63. The molecule has 0 bridgehead atoms. The molecule has 0 saturated heterocycles. The van der Waals surface area contributed by atoms with Crippen molar-refractivity contribution in [2.24, 2.45) is 5.73 Å². The average molecular weight is 234 g/mol. The highest BCUT2D eigenvalue weighted by Gasteiger charge is 2.06. The third-order valence-electron chi connectivity index (χ3n) is 1.79. The predicted octanol–water partition coefficient (Wildman–Crippen LogP) is 2.54. The molecule has 1 aromatic rings. The van der Waals surface area contributed by atoms with Crippen LogP contribution in [0.5, 0.6) is 0 Å². The van der Waals surface area contributed by atoms with E-state index in [0.29, 0.717) is 22.4 Å². The second-order valence-electron chi connectivity index (χ2n) is 3.11. The fourth-order valence-electron chi connectivity index (χ4n) is 1.08. The zero-order valence-electron chi connectivity index (χ0n) is 7.93. The standard InChI is InChI=1S/C9H13Cl2N3/c1-6(2-3-12)14-9-8(11)4-7(10)5-13-9/h4-6H,2-3,12H2,1H3,(H,13,14). The normalized spacial score (nSPS) is 12.6. The molecule has 0 amide bonds. The number of nitrogens with one attached hydrogen (secondary N) is 1. The van der Waals surface area contributed by atoms with Crippen molar-refractivity contribution in [3.05, 3.63) is 22.3 Å². The number of rotatable bonds is 4. The highest BCUT2D eigenvalue weighted by atomic mass is 35.5. The molecule has 5 heteroatoms. The second kappa shape index (κ2) is 5.39. The summed E-state index contributed by atoms with van der Waals surface area (Å²) in [5.74, 6) is 0.650. The predicted molar refractivity (Wildman–Crippen MR) is 61.0 cm³/mol. The molecule has 0 radical (unpaired) electrons. The van der Waals surface area contributed by atoms with Crippen LogP contribution in [0.1, 0.15) is 13.3 Å². The minimum Gasteiger partial charge on any atom is -0.366 e. The molecule has 1 unspecified atom stereocenters. The van der Waals surface area contributed by atoms with Crippen molar-refractivity contribution in [1.29, 1.82) is 0 Å². The van der Waals surface area contributed by atoms with Crippen LogP contribution in [0.3, 0.4) is 0 Å². The number of halogens is 2. The summed E-state index contributed by atoms with van der Waals surface area (Å²) in [5.41, 5.74) is 5.43. The van der Waals surface area contributed by atoms with Gasteiger partial charge in [0.1, 0.15) is 5.82 Å². The van der Waals surface area contributed by atoms with Crippen molar-refractivity contribution in [1.82, 2.24) is 4.98 Å². The van der Waals surface area contributed by atoms with Gasteiger partial charge >= 0.3 is 0 Å². The van der Waals surface area contributed by atoms with Gasteiger partial charge in [-0.1, -0.05) is 23.2 Å². The highest BCUT2D eigenvalue weighted by Crippen LogP contribution is 2.23. The van der Waals surface area contributed by atoms with Gasteiger partial charge in [-0.2, -0.15) is 0 Å². The first-order valence-electron chi connectivity index (χ1n) is 4.41. The Kier molecular flexibility index (Phi) is 4.45. The summed E-state index contributed by atoms with van der Waals surface area (Å²) in [7, 11) is 0. The van der Waals surface area contributed by atoms with Gasteiger partial charge in [-0.05, 0) is 26.0 Å². The molecule has 3 nitrogen and oxygen atoms in total. The van der Waals surface area contributed by atoms with Gasteiger partial charge in [0, 0.05) is 12.2 Å². The van der Waals surface area contributed by atoms with E-state index in [9.17, 15) is 0 Å². The van der Waals surface area contributed by atoms with Crippen molar-refractivity contribution in [3.8, 4) is 0 Å². The van der Waals surface area contributed by atoms with E-state index in [1.54, 1.807) is 12.3 Å². The van der Waals surface area contributed by atoms with Gasteiger partial charge in [-0.25, -0.2) is 4.98 Å². The zero-order valence-corrected chi connectivity index (χ0v) is 9.44. The van der Waals surface area contributed by atoms with Crippen LogP contribution >= 0.6 is 23.2 Å². The quantitative estimate of drug-likeness (QED) is 0.841. The van der Waals surface area contributed by atoms with Crippen molar-refractivity contribution in [2.45, 2.75) is 19.4 Å². The van der Waals surface area contributed by atoms with Crippen LogP contribution in [0.15, 0.2) is 12.3 Å². The Hall–Kier alpha value is -0.510. The van der Waals surface area contributed by atoms with Gasteiger partial charge in [0.05, 0.1) is 10.0 Å². The number of hydrogen-bond acceptors (Lipinski definition) is 3. The fourth-order valence-corrected chi connectivity index (χ4v) is 1.51. The summed E-state index contributed by atoms with van der Waals surface area (Å²) in [5, 5.41) is 4.22. The fraction of sp³-hybridized carbons (Fsp3) is 0.444. The third-order valence-corrected chi connectivity index (χ3v) is 2.29.